The first-order chi connectivity index (χ1) is 11.5. The van der Waals surface area contributed by atoms with Crippen LogP contribution in [0, 0.1) is 6.92 Å². The van der Waals surface area contributed by atoms with Crippen molar-refractivity contribution >= 4 is 23.4 Å². The number of guanidine groups is 1. The molecule has 1 aliphatic rings. The van der Waals surface area contributed by atoms with E-state index in [0.29, 0.717) is 32.2 Å². The van der Waals surface area contributed by atoms with Crippen LogP contribution in [0.25, 0.3) is 0 Å². The topological polar surface area (TPSA) is 92.8 Å². The highest BCUT2D eigenvalue weighted by atomic mass is 32.1. The highest BCUT2D eigenvalue weighted by molar-refractivity contribution is 7.09. The molecule has 1 amide bonds. The summed E-state index contributed by atoms with van der Waals surface area (Å²) in [7, 11) is 0. The summed E-state index contributed by atoms with van der Waals surface area (Å²) < 4.78 is 5.02. The summed E-state index contributed by atoms with van der Waals surface area (Å²) in [4.78, 5) is 22.3. The van der Waals surface area contributed by atoms with Gasteiger partial charge in [-0.15, -0.1) is 11.3 Å². The fraction of sp³-hybridized carbons (Fsp3) is 0.688. The van der Waals surface area contributed by atoms with Crippen LogP contribution in [0.1, 0.15) is 43.3 Å². The fourth-order valence-corrected chi connectivity index (χ4v) is 3.44. The van der Waals surface area contributed by atoms with Crippen LogP contribution in [0.15, 0.2) is 10.4 Å². The Morgan fingerprint density at radius 3 is 2.88 bits per heavy atom. The number of hydrogen-bond acceptors (Lipinski definition) is 5. The second kappa shape index (κ2) is 8.86. The number of rotatable bonds is 5. The molecule has 0 bridgehead atoms. The van der Waals surface area contributed by atoms with Crippen molar-refractivity contribution in [1.82, 2.24) is 15.2 Å². The molecule has 134 valence electrons. The number of carbonyl (C=O) groups is 1. The van der Waals surface area contributed by atoms with Crippen LogP contribution in [0.5, 0.6) is 0 Å². The molecule has 8 heteroatoms. The standard InChI is InChI=1S/C16H27N5O2S/c1-4-23-16(22)21-7-5-13(6-8-21)20-15(17)18-9-11(2)14-19-12(3)10-24-14/h10-11,13H,4-9H2,1-3H3,(H3,17,18,20). The van der Waals surface area contributed by atoms with Gasteiger partial charge in [-0.1, -0.05) is 6.92 Å². The largest absolute Gasteiger partial charge is 0.450 e. The number of nitrogens with one attached hydrogen (secondary N) is 1. The van der Waals surface area contributed by atoms with E-state index in [1.807, 2.05) is 13.8 Å². The number of amides is 1. The molecule has 3 N–H and O–H groups in total. The number of thiazole rings is 1. The summed E-state index contributed by atoms with van der Waals surface area (Å²) in [5.74, 6) is 0.722. The Bertz CT molecular complexity index is 567. The predicted octanol–water partition coefficient (Wildman–Crippen LogP) is 2.08. The molecule has 0 radical (unpaired) electrons. The molecule has 1 saturated heterocycles. The lowest BCUT2D eigenvalue weighted by atomic mass is 10.1. The number of ether oxygens (including phenoxy) is 1. The molecular weight excluding hydrogens is 326 g/mol. The molecule has 1 fully saturated rings. The van der Waals surface area contributed by atoms with Crippen LogP contribution in [-0.4, -0.2) is 54.2 Å². The number of piperidine rings is 1. The van der Waals surface area contributed by atoms with Crippen molar-refractivity contribution in [3.8, 4) is 0 Å². The van der Waals surface area contributed by atoms with Crippen molar-refractivity contribution in [3.05, 3.63) is 16.1 Å². The van der Waals surface area contributed by atoms with Crippen LogP contribution in [0.4, 0.5) is 4.79 Å². The van der Waals surface area contributed by atoms with Gasteiger partial charge in [0.25, 0.3) is 0 Å². The molecular formula is C16H27N5O2S. The quantitative estimate of drug-likeness (QED) is 0.624. The third-order valence-electron chi connectivity index (χ3n) is 3.97. The molecule has 0 aromatic carbocycles. The van der Waals surface area contributed by atoms with Crippen LogP contribution in [-0.2, 0) is 4.74 Å². The van der Waals surface area contributed by atoms with Gasteiger partial charge >= 0.3 is 6.09 Å². The summed E-state index contributed by atoms with van der Waals surface area (Å²) >= 11 is 1.66. The zero-order valence-corrected chi connectivity index (χ0v) is 15.4. The first kappa shape index (κ1) is 18.5. The van der Waals surface area contributed by atoms with Gasteiger partial charge in [0.1, 0.15) is 0 Å². The van der Waals surface area contributed by atoms with E-state index in [4.69, 9.17) is 10.5 Å². The number of carbonyl (C=O) groups excluding carboxylic acids is 1. The van der Waals surface area contributed by atoms with Crippen molar-refractivity contribution in [2.75, 3.05) is 26.2 Å². The lowest BCUT2D eigenvalue weighted by molar-refractivity contribution is 0.0963. The van der Waals surface area contributed by atoms with Gasteiger partial charge in [-0.05, 0) is 26.7 Å². The average Bonchev–Trinajstić information content (AvgIpc) is 3.00. The van der Waals surface area contributed by atoms with Gasteiger partial charge in [0.15, 0.2) is 5.96 Å². The Labute approximate surface area is 147 Å². The first-order valence-electron chi connectivity index (χ1n) is 8.39. The van der Waals surface area contributed by atoms with Crippen molar-refractivity contribution in [2.45, 2.75) is 45.6 Å². The molecule has 1 atom stereocenters. The van der Waals surface area contributed by atoms with Crippen LogP contribution in [0.3, 0.4) is 0 Å². The minimum Gasteiger partial charge on any atom is -0.450 e. The molecule has 0 saturated carbocycles. The van der Waals surface area contributed by atoms with Gasteiger partial charge in [-0.25, -0.2) is 9.78 Å². The van der Waals surface area contributed by atoms with Gasteiger partial charge < -0.3 is 20.7 Å². The Hall–Kier alpha value is -1.83. The molecule has 1 aliphatic heterocycles. The molecule has 2 heterocycles. The van der Waals surface area contributed by atoms with E-state index in [1.165, 1.54) is 0 Å². The second-order valence-corrected chi connectivity index (χ2v) is 6.95. The zero-order valence-electron chi connectivity index (χ0n) is 14.6. The van der Waals surface area contributed by atoms with Crippen molar-refractivity contribution in [2.24, 2.45) is 10.7 Å². The van der Waals surface area contributed by atoms with Crippen LogP contribution < -0.4 is 11.1 Å². The number of nitrogens with two attached hydrogens (primary N) is 1. The number of nitrogens with zero attached hydrogens (tertiary/aromatic N) is 3. The van der Waals surface area contributed by atoms with Gasteiger partial charge in [0, 0.05) is 36.1 Å². The third-order valence-corrected chi connectivity index (χ3v) is 5.16. The normalized spacial score (nSPS) is 17.6. The zero-order chi connectivity index (χ0) is 17.5. The summed E-state index contributed by atoms with van der Waals surface area (Å²) in [6.45, 7) is 8.30. The number of aromatic nitrogens is 1. The van der Waals surface area contributed by atoms with Crippen molar-refractivity contribution in [1.29, 1.82) is 0 Å². The second-order valence-electron chi connectivity index (χ2n) is 6.06. The van der Waals surface area contributed by atoms with E-state index in [1.54, 1.807) is 16.2 Å². The summed E-state index contributed by atoms with van der Waals surface area (Å²) in [5, 5.41) is 6.39. The highest BCUT2D eigenvalue weighted by Gasteiger charge is 2.23. The maximum Gasteiger partial charge on any atom is 0.409 e. The number of likely N-dealkylation sites (tertiary alicyclic amines) is 1. The summed E-state index contributed by atoms with van der Waals surface area (Å²) in [5.41, 5.74) is 7.04. The van der Waals surface area contributed by atoms with Crippen LogP contribution in [0.2, 0.25) is 0 Å². The van der Waals surface area contributed by atoms with E-state index in [0.717, 1.165) is 23.5 Å². The van der Waals surface area contributed by atoms with Crippen LogP contribution >= 0.6 is 11.3 Å². The van der Waals surface area contributed by atoms with E-state index in [9.17, 15) is 4.79 Å². The first-order valence-corrected chi connectivity index (χ1v) is 9.27. The predicted molar refractivity (Wildman–Crippen MR) is 96.5 cm³/mol. The van der Waals surface area contributed by atoms with Gasteiger partial charge in [-0.3, -0.25) is 4.99 Å². The fourth-order valence-electron chi connectivity index (χ4n) is 2.59. The molecule has 2 rings (SSSR count). The minimum atomic E-state index is -0.231. The van der Waals surface area contributed by atoms with Gasteiger partial charge in [-0.2, -0.15) is 0 Å². The molecule has 0 spiro atoms. The molecule has 24 heavy (non-hydrogen) atoms. The molecule has 1 unspecified atom stereocenters. The van der Waals surface area contributed by atoms with E-state index in [2.05, 4.69) is 27.6 Å². The smallest absolute Gasteiger partial charge is 0.409 e. The lowest BCUT2D eigenvalue weighted by Crippen LogP contribution is -2.48. The molecule has 7 nitrogen and oxygen atoms in total. The Balaban J connectivity index is 1.74. The average molecular weight is 353 g/mol. The number of aryl methyl sites for hydroxylation is 1. The highest BCUT2D eigenvalue weighted by Crippen LogP contribution is 2.19. The van der Waals surface area contributed by atoms with Crippen molar-refractivity contribution in [3.63, 3.8) is 0 Å². The summed E-state index contributed by atoms with van der Waals surface area (Å²) in [6, 6.07) is 0.247. The molecule has 0 aliphatic carbocycles. The number of aliphatic imine (C=N–C) groups is 1. The van der Waals surface area contributed by atoms with Crippen molar-refractivity contribution < 1.29 is 9.53 Å². The Kier molecular flexibility index (Phi) is 6.84. The Morgan fingerprint density at radius 1 is 1.58 bits per heavy atom. The maximum atomic E-state index is 11.7. The lowest BCUT2D eigenvalue weighted by Gasteiger charge is -2.31. The van der Waals surface area contributed by atoms with E-state index < -0.39 is 0 Å². The third kappa shape index (κ3) is 5.36. The van der Waals surface area contributed by atoms with E-state index >= 15 is 0 Å². The summed E-state index contributed by atoms with van der Waals surface area (Å²) in [6.07, 6.45) is 1.46. The SMILES string of the molecule is CCOC(=O)N1CCC(NC(N)=NCC(C)c2nc(C)cs2)CC1. The van der Waals surface area contributed by atoms with E-state index in [-0.39, 0.29) is 18.1 Å². The minimum absolute atomic E-state index is 0.231. The monoisotopic (exact) mass is 353 g/mol. The van der Waals surface area contributed by atoms with Gasteiger partial charge in [0.05, 0.1) is 18.2 Å². The Morgan fingerprint density at radius 2 is 2.29 bits per heavy atom. The molecule has 1 aromatic rings. The maximum absolute atomic E-state index is 11.7. The van der Waals surface area contributed by atoms with Gasteiger partial charge in [0.2, 0.25) is 0 Å². The number of hydrogen-bond donors (Lipinski definition) is 2. The molecule has 1 aromatic heterocycles.